The summed E-state index contributed by atoms with van der Waals surface area (Å²) in [6.45, 7) is 6.24. The Morgan fingerprint density at radius 1 is 1.37 bits per heavy atom. The second-order valence-corrected chi connectivity index (χ2v) is 4.61. The van der Waals surface area contributed by atoms with E-state index in [1.807, 2.05) is 20.8 Å². The van der Waals surface area contributed by atoms with Gasteiger partial charge in [-0.05, 0) is 26.8 Å². The van der Waals surface area contributed by atoms with Crippen LogP contribution in [0.5, 0.6) is 0 Å². The van der Waals surface area contributed by atoms with E-state index in [2.05, 4.69) is 20.4 Å². The Morgan fingerprint density at radius 3 is 2.74 bits per heavy atom. The summed E-state index contributed by atoms with van der Waals surface area (Å²) >= 11 is 0. The van der Waals surface area contributed by atoms with E-state index in [1.165, 1.54) is 0 Å². The third kappa shape index (κ3) is 3.37. The lowest BCUT2D eigenvalue weighted by atomic mass is 10.3. The van der Waals surface area contributed by atoms with E-state index in [1.54, 1.807) is 29.3 Å². The lowest BCUT2D eigenvalue weighted by molar-refractivity contribution is 0.0944. The molecule has 100 valence electrons. The average Bonchev–Trinajstić information content (AvgIpc) is 2.87. The molecule has 0 saturated heterocycles. The maximum atomic E-state index is 11.9. The van der Waals surface area contributed by atoms with E-state index in [9.17, 15) is 4.79 Å². The van der Waals surface area contributed by atoms with Gasteiger partial charge in [0.05, 0.1) is 24.1 Å². The van der Waals surface area contributed by atoms with Crippen LogP contribution in [0.2, 0.25) is 0 Å². The van der Waals surface area contributed by atoms with Crippen molar-refractivity contribution in [3.05, 3.63) is 41.7 Å². The number of nitrogens with one attached hydrogen (secondary N) is 1. The van der Waals surface area contributed by atoms with Gasteiger partial charge in [-0.25, -0.2) is 0 Å². The van der Waals surface area contributed by atoms with Crippen molar-refractivity contribution in [3.8, 4) is 0 Å². The number of nitrogens with zero attached hydrogens (tertiary/aromatic N) is 4. The summed E-state index contributed by atoms with van der Waals surface area (Å²) in [6.07, 6.45) is 5.13. The quantitative estimate of drug-likeness (QED) is 0.903. The molecule has 0 atom stereocenters. The van der Waals surface area contributed by atoms with Crippen LogP contribution in [0.15, 0.2) is 24.7 Å². The van der Waals surface area contributed by atoms with Crippen molar-refractivity contribution in [2.45, 2.75) is 33.4 Å². The smallest absolute Gasteiger partial charge is 0.272 e. The topological polar surface area (TPSA) is 72.7 Å². The molecule has 2 heterocycles. The summed E-state index contributed by atoms with van der Waals surface area (Å²) in [5.74, 6) is -0.207. The van der Waals surface area contributed by atoms with Gasteiger partial charge in [-0.2, -0.15) is 5.10 Å². The van der Waals surface area contributed by atoms with Crippen LogP contribution in [0.25, 0.3) is 0 Å². The minimum Gasteiger partial charge on any atom is -0.345 e. The van der Waals surface area contributed by atoms with Crippen molar-refractivity contribution in [2.75, 3.05) is 0 Å². The number of amides is 1. The molecule has 0 aromatic carbocycles. The minimum absolute atomic E-state index is 0.207. The molecule has 0 radical (unpaired) electrons. The van der Waals surface area contributed by atoms with Crippen LogP contribution in [0, 0.1) is 6.92 Å². The summed E-state index contributed by atoms with van der Waals surface area (Å²) < 4.78 is 1.75. The van der Waals surface area contributed by atoms with Gasteiger partial charge in [-0.1, -0.05) is 0 Å². The predicted octanol–water partition coefficient (Wildman–Crippen LogP) is 1.49. The van der Waals surface area contributed by atoms with Gasteiger partial charge in [0.2, 0.25) is 0 Å². The Balaban J connectivity index is 1.95. The SMILES string of the molecule is Cc1cnc(CNC(=O)c2ccn(C(C)C)n2)cn1. The number of carbonyl (C=O) groups is 1. The number of rotatable bonds is 4. The number of aromatic nitrogens is 4. The maximum Gasteiger partial charge on any atom is 0.272 e. The molecule has 0 spiro atoms. The molecule has 0 aliphatic carbocycles. The molecule has 2 rings (SSSR count). The number of hydrogen-bond acceptors (Lipinski definition) is 4. The van der Waals surface area contributed by atoms with E-state index in [4.69, 9.17) is 0 Å². The second-order valence-electron chi connectivity index (χ2n) is 4.61. The average molecular weight is 259 g/mol. The van der Waals surface area contributed by atoms with Crippen LogP contribution in [0.1, 0.15) is 41.8 Å². The zero-order valence-electron chi connectivity index (χ0n) is 11.3. The Hall–Kier alpha value is -2.24. The van der Waals surface area contributed by atoms with Gasteiger partial charge in [0, 0.05) is 18.4 Å². The largest absolute Gasteiger partial charge is 0.345 e. The summed E-state index contributed by atoms with van der Waals surface area (Å²) in [5.41, 5.74) is 1.99. The first-order valence-corrected chi connectivity index (χ1v) is 6.17. The molecular formula is C13H17N5O. The Labute approximate surface area is 111 Å². The molecule has 2 aromatic rings. The van der Waals surface area contributed by atoms with E-state index in [0.717, 1.165) is 11.4 Å². The highest BCUT2D eigenvalue weighted by molar-refractivity contribution is 5.92. The summed E-state index contributed by atoms with van der Waals surface area (Å²) in [6, 6.07) is 1.94. The van der Waals surface area contributed by atoms with Gasteiger partial charge in [0.15, 0.2) is 0 Å². The lowest BCUT2D eigenvalue weighted by Crippen LogP contribution is -2.24. The van der Waals surface area contributed by atoms with E-state index in [-0.39, 0.29) is 11.9 Å². The molecule has 1 N–H and O–H groups in total. The van der Waals surface area contributed by atoms with Crippen LogP contribution >= 0.6 is 0 Å². The van der Waals surface area contributed by atoms with Crippen LogP contribution < -0.4 is 5.32 Å². The van der Waals surface area contributed by atoms with Crippen LogP contribution in [0.3, 0.4) is 0 Å². The van der Waals surface area contributed by atoms with E-state index in [0.29, 0.717) is 12.2 Å². The fourth-order valence-electron chi connectivity index (χ4n) is 1.52. The molecule has 19 heavy (non-hydrogen) atoms. The van der Waals surface area contributed by atoms with Gasteiger partial charge in [-0.15, -0.1) is 0 Å². The first-order chi connectivity index (χ1) is 9.06. The summed E-state index contributed by atoms with van der Waals surface area (Å²) in [4.78, 5) is 20.2. The van der Waals surface area contributed by atoms with Crippen LogP contribution in [-0.4, -0.2) is 25.7 Å². The highest BCUT2D eigenvalue weighted by atomic mass is 16.1. The van der Waals surface area contributed by atoms with Gasteiger partial charge >= 0.3 is 0 Å². The summed E-state index contributed by atoms with van der Waals surface area (Å²) in [5, 5.41) is 6.97. The summed E-state index contributed by atoms with van der Waals surface area (Å²) in [7, 11) is 0. The molecule has 0 bridgehead atoms. The van der Waals surface area contributed by atoms with Crippen molar-refractivity contribution in [2.24, 2.45) is 0 Å². The third-order valence-electron chi connectivity index (χ3n) is 2.63. The number of hydrogen-bond donors (Lipinski definition) is 1. The third-order valence-corrected chi connectivity index (χ3v) is 2.63. The van der Waals surface area contributed by atoms with Crippen molar-refractivity contribution < 1.29 is 4.79 Å². The Kier molecular flexibility index (Phi) is 3.89. The van der Waals surface area contributed by atoms with Crippen molar-refractivity contribution in [3.63, 3.8) is 0 Å². The standard InChI is InChI=1S/C13H17N5O/c1-9(2)18-5-4-12(17-18)13(19)16-8-11-7-14-10(3)6-15-11/h4-7,9H,8H2,1-3H3,(H,16,19). The number of aryl methyl sites for hydroxylation is 1. The fourth-order valence-corrected chi connectivity index (χ4v) is 1.52. The second kappa shape index (κ2) is 5.60. The molecule has 0 unspecified atom stereocenters. The Bertz CT molecular complexity index is 559. The molecule has 0 aliphatic rings. The van der Waals surface area contributed by atoms with E-state index < -0.39 is 0 Å². The predicted molar refractivity (Wildman–Crippen MR) is 70.6 cm³/mol. The van der Waals surface area contributed by atoms with Gasteiger partial charge in [0.1, 0.15) is 5.69 Å². The zero-order chi connectivity index (χ0) is 13.8. The first-order valence-electron chi connectivity index (χ1n) is 6.17. The number of carbonyl (C=O) groups excluding carboxylic acids is 1. The Morgan fingerprint density at radius 2 is 2.16 bits per heavy atom. The van der Waals surface area contributed by atoms with Crippen LogP contribution in [-0.2, 0) is 6.54 Å². The molecule has 2 aromatic heterocycles. The molecule has 6 nitrogen and oxygen atoms in total. The fraction of sp³-hybridized carbons (Fsp3) is 0.385. The van der Waals surface area contributed by atoms with Gasteiger partial charge < -0.3 is 5.32 Å². The van der Waals surface area contributed by atoms with Crippen molar-refractivity contribution >= 4 is 5.91 Å². The van der Waals surface area contributed by atoms with Gasteiger partial charge in [0.25, 0.3) is 5.91 Å². The molecular weight excluding hydrogens is 242 g/mol. The zero-order valence-corrected chi connectivity index (χ0v) is 11.3. The van der Waals surface area contributed by atoms with Gasteiger partial charge in [-0.3, -0.25) is 19.4 Å². The molecule has 0 saturated carbocycles. The van der Waals surface area contributed by atoms with Crippen LogP contribution in [0.4, 0.5) is 0 Å². The monoisotopic (exact) mass is 259 g/mol. The highest BCUT2D eigenvalue weighted by Crippen LogP contribution is 2.04. The molecule has 1 amide bonds. The normalized spacial score (nSPS) is 10.7. The molecule has 0 fully saturated rings. The van der Waals surface area contributed by atoms with E-state index >= 15 is 0 Å². The molecule has 0 aliphatic heterocycles. The highest BCUT2D eigenvalue weighted by Gasteiger charge is 2.10. The lowest BCUT2D eigenvalue weighted by Gasteiger charge is -2.04. The van der Waals surface area contributed by atoms with Crippen molar-refractivity contribution in [1.82, 2.24) is 25.1 Å². The first kappa shape index (κ1) is 13.2. The van der Waals surface area contributed by atoms with Crippen molar-refractivity contribution in [1.29, 1.82) is 0 Å². The molecule has 6 heteroatoms. The minimum atomic E-state index is -0.207. The maximum absolute atomic E-state index is 11.9.